The van der Waals surface area contributed by atoms with Gasteiger partial charge in [0.1, 0.15) is 5.82 Å². The Bertz CT molecular complexity index is 325. The molecular formula is C11H13ClFN. The second-order valence-electron chi connectivity index (χ2n) is 3.22. The van der Waals surface area contributed by atoms with Crippen LogP contribution in [0.4, 0.5) is 4.39 Å². The van der Waals surface area contributed by atoms with Crippen molar-refractivity contribution >= 4 is 11.6 Å². The second kappa shape index (κ2) is 5.13. The molecule has 1 aromatic carbocycles. The monoisotopic (exact) mass is 213 g/mol. The molecule has 0 aliphatic rings. The molecule has 76 valence electrons. The first-order chi connectivity index (χ1) is 6.63. The van der Waals surface area contributed by atoms with Gasteiger partial charge in [-0.25, -0.2) is 4.39 Å². The fourth-order valence-corrected chi connectivity index (χ4v) is 1.51. The number of hydrogen-bond acceptors (Lipinski definition) is 1. The smallest absolute Gasteiger partial charge is 0.124 e. The van der Waals surface area contributed by atoms with E-state index in [0.29, 0.717) is 11.4 Å². The van der Waals surface area contributed by atoms with Crippen LogP contribution in [0.5, 0.6) is 0 Å². The molecule has 0 heterocycles. The molecule has 1 aromatic rings. The predicted octanol–water partition coefficient (Wildman–Crippen LogP) is 2.93. The molecule has 0 bridgehead atoms. The van der Waals surface area contributed by atoms with Crippen molar-refractivity contribution in [2.75, 3.05) is 0 Å². The number of hydrogen-bond donors (Lipinski definition) is 1. The van der Waals surface area contributed by atoms with Crippen LogP contribution in [-0.4, -0.2) is 6.04 Å². The zero-order valence-electron chi connectivity index (χ0n) is 7.84. The van der Waals surface area contributed by atoms with Crippen LogP contribution in [0.15, 0.2) is 30.9 Å². The molecule has 1 unspecified atom stereocenters. The highest BCUT2D eigenvalue weighted by Gasteiger charge is 2.06. The first kappa shape index (κ1) is 11.2. The van der Waals surface area contributed by atoms with Gasteiger partial charge < -0.3 is 5.73 Å². The maximum Gasteiger partial charge on any atom is 0.124 e. The number of nitrogens with two attached hydrogens (primary N) is 1. The van der Waals surface area contributed by atoms with Gasteiger partial charge in [0.2, 0.25) is 0 Å². The summed E-state index contributed by atoms with van der Waals surface area (Å²) in [6.07, 6.45) is 3.14. The van der Waals surface area contributed by atoms with Crippen LogP contribution in [0.3, 0.4) is 0 Å². The van der Waals surface area contributed by atoms with Gasteiger partial charge in [0, 0.05) is 11.1 Å². The second-order valence-corrected chi connectivity index (χ2v) is 3.63. The Kier molecular flexibility index (Phi) is 4.11. The Morgan fingerprint density at radius 2 is 2.29 bits per heavy atom. The minimum atomic E-state index is -0.323. The van der Waals surface area contributed by atoms with Crippen molar-refractivity contribution < 1.29 is 4.39 Å². The van der Waals surface area contributed by atoms with Crippen molar-refractivity contribution in [3.8, 4) is 0 Å². The molecule has 3 heteroatoms. The molecule has 0 radical (unpaired) electrons. The van der Waals surface area contributed by atoms with Gasteiger partial charge in [0.15, 0.2) is 0 Å². The van der Waals surface area contributed by atoms with E-state index < -0.39 is 0 Å². The zero-order chi connectivity index (χ0) is 10.6. The molecule has 0 saturated carbocycles. The van der Waals surface area contributed by atoms with Crippen LogP contribution in [-0.2, 0) is 6.42 Å². The van der Waals surface area contributed by atoms with Gasteiger partial charge in [-0.05, 0) is 30.5 Å². The van der Waals surface area contributed by atoms with Crippen molar-refractivity contribution in [3.05, 3.63) is 47.3 Å². The lowest BCUT2D eigenvalue weighted by atomic mass is 10.0. The summed E-state index contributed by atoms with van der Waals surface area (Å²) >= 11 is 5.85. The number of benzene rings is 1. The molecule has 0 spiro atoms. The Hall–Kier alpha value is -0.860. The van der Waals surface area contributed by atoms with Gasteiger partial charge in [-0.2, -0.15) is 0 Å². The average molecular weight is 214 g/mol. The van der Waals surface area contributed by atoms with Crippen molar-refractivity contribution in [2.24, 2.45) is 5.73 Å². The maximum atomic E-state index is 12.7. The molecule has 0 amide bonds. The Morgan fingerprint density at radius 1 is 1.57 bits per heavy atom. The van der Waals surface area contributed by atoms with E-state index in [9.17, 15) is 4.39 Å². The third-order valence-corrected chi connectivity index (χ3v) is 2.32. The van der Waals surface area contributed by atoms with Gasteiger partial charge >= 0.3 is 0 Å². The topological polar surface area (TPSA) is 26.0 Å². The molecule has 0 aromatic heterocycles. The van der Waals surface area contributed by atoms with Crippen LogP contribution >= 0.6 is 11.6 Å². The molecule has 0 aliphatic heterocycles. The lowest BCUT2D eigenvalue weighted by molar-refractivity contribution is 0.624. The SMILES string of the molecule is C=CCC(N)Cc1ccc(F)cc1Cl. The summed E-state index contributed by atoms with van der Waals surface area (Å²) in [5.41, 5.74) is 6.68. The van der Waals surface area contributed by atoms with Gasteiger partial charge in [0.25, 0.3) is 0 Å². The Morgan fingerprint density at radius 3 is 2.86 bits per heavy atom. The van der Waals surface area contributed by atoms with Gasteiger partial charge in [-0.1, -0.05) is 23.7 Å². The van der Waals surface area contributed by atoms with Crippen LogP contribution in [0.2, 0.25) is 5.02 Å². The maximum absolute atomic E-state index is 12.7. The van der Waals surface area contributed by atoms with Gasteiger partial charge in [-0.15, -0.1) is 6.58 Å². The normalized spacial score (nSPS) is 12.5. The van der Waals surface area contributed by atoms with Gasteiger partial charge in [0.05, 0.1) is 0 Å². The third kappa shape index (κ3) is 3.13. The Balaban J connectivity index is 2.71. The minimum Gasteiger partial charge on any atom is -0.327 e. The van der Waals surface area contributed by atoms with E-state index in [0.717, 1.165) is 12.0 Å². The van der Waals surface area contributed by atoms with Crippen molar-refractivity contribution in [1.29, 1.82) is 0 Å². The van der Waals surface area contributed by atoms with E-state index >= 15 is 0 Å². The molecule has 1 rings (SSSR count). The first-order valence-corrected chi connectivity index (χ1v) is 4.81. The zero-order valence-corrected chi connectivity index (χ0v) is 8.60. The third-order valence-electron chi connectivity index (χ3n) is 1.97. The van der Waals surface area contributed by atoms with E-state index in [1.165, 1.54) is 12.1 Å². The largest absolute Gasteiger partial charge is 0.327 e. The number of halogens is 2. The molecule has 1 atom stereocenters. The molecule has 0 fully saturated rings. The van der Waals surface area contributed by atoms with E-state index in [1.54, 1.807) is 12.1 Å². The first-order valence-electron chi connectivity index (χ1n) is 4.44. The number of rotatable bonds is 4. The molecule has 14 heavy (non-hydrogen) atoms. The highest BCUT2D eigenvalue weighted by molar-refractivity contribution is 6.31. The van der Waals surface area contributed by atoms with E-state index in [2.05, 4.69) is 6.58 Å². The summed E-state index contributed by atoms with van der Waals surface area (Å²) in [4.78, 5) is 0. The summed E-state index contributed by atoms with van der Waals surface area (Å²) in [6.45, 7) is 3.61. The molecule has 2 N–H and O–H groups in total. The van der Waals surface area contributed by atoms with E-state index in [-0.39, 0.29) is 11.9 Å². The summed E-state index contributed by atoms with van der Waals surface area (Å²) in [5, 5.41) is 0.435. The predicted molar refractivity (Wildman–Crippen MR) is 57.9 cm³/mol. The quantitative estimate of drug-likeness (QED) is 0.765. The van der Waals surface area contributed by atoms with Crippen LogP contribution < -0.4 is 5.73 Å². The minimum absolute atomic E-state index is 0.00420. The summed E-state index contributed by atoms with van der Waals surface area (Å²) < 4.78 is 12.7. The van der Waals surface area contributed by atoms with Gasteiger partial charge in [-0.3, -0.25) is 0 Å². The van der Waals surface area contributed by atoms with Crippen molar-refractivity contribution in [1.82, 2.24) is 0 Å². The van der Waals surface area contributed by atoms with Crippen molar-refractivity contribution in [2.45, 2.75) is 18.9 Å². The molecule has 0 saturated heterocycles. The van der Waals surface area contributed by atoms with Crippen molar-refractivity contribution in [3.63, 3.8) is 0 Å². The van der Waals surface area contributed by atoms with E-state index in [4.69, 9.17) is 17.3 Å². The lowest BCUT2D eigenvalue weighted by Gasteiger charge is -2.10. The summed E-state index contributed by atoms with van der Waals surface area (Å²) in [7, 11) is 0. The summed E-state index contributed by atoms with van der Waals surface area (Å²) in [6, 6.07) is 4.36. The highest BCUT2D eigenvalue weighted by Crippen LogP contribution is 2.18. The average Bonchev–Trinajstić information content (AvgIpc) is 2.10. The molecular weight excluding hydrogens is 201 g/mol. The van der Waals surface area contributed by atoms with Crippen LogP contribution in [0.25, 0.3) is 0 Å². The summed E-state index contributed by atoms with van der Waals surface area (Å²) in [5.74, 6) is -0.323. The lowest BCUT2D eigenvalue weighted by Crippen LogP contribution is -2.21. The standard InChI is InChI=1S/C11H13ClFN/c1-2-3-10(14)6-8-4-5-9(13)7-11(8)12/h2,4-5,7,10H,1,3,6,14H2. The fourth-order valence-electron chi connectivity index (χ4n) is 1.27. The Labute approximate surface area is 88.4 Å². The molecule has 1 nitrogen and oxygen atoms in total. The van der Waals surface area contributed by atoms with Crippen LogP contribution in [0.1, 0.15) is 12.0 Å². The van der Waals surface area contributed by atoms with E-state index in [1.807, 2.05) is 0 Å². The van der Waals surface area contributed by atoms with Crippen LogP contribution in [0, 0.1) is 5.82 Å². The molecule has 0 aliphatic carbocycles. The fraction of sp³-hybridized carbons (Fsp3) is 0.273. The highest BCUT2D eigenvalue weighted by atomic mass is 35.5.